The van der Waals surface area contributed by atoms with E-state index in [9.17, 15) is 4.79 Å². The van der Waals surface area contributed by atoms with Crippen LogP contribution in [0.5, 0.6) is 0 Å². The first-order valence-electron chi connectivity index (χ1n) is 8.71. The Labute approximate surface area is 141 Å². The van der Waals surface area contributed by atoms with Crippen LogP contribution in [0.1, 0.15) is 74.7 Å². The molecule has 1 amide bonds. The fourth-order valence-corrected chi connectivity index (χ4v) is 4.35. The van der Waals surface area contributed by atoms with Crippen molar-refractivity contribution in [2.45, 2.75) is 76.3 Å². The highest BCUT2D eigenvalue weighted by Gasteiger charge is 2.33. The Hall–Kier alpha value is -0.900. The normalized spacial score (nSPS) is 20.8. The maximum absolute atomic E-state index is 13.1. The summed E-state index contributed by atoms with van der Waals surface area (Å²) < 4.78 is 0.741. The van der Waals surface area contributed by atoms with Crippen LogP contribution < -0.4 is 0 Å². The Kier molecular flexibility index (Phi) is 5.51. The molecule has 2 aliphatic rings. The minimum Gasteiger partial charge on any atom is -0.331 e. The van der Waals surface area contributed by atoms with Crippen LogP contribution in [0, 0.1) is 0 Å². The molecule has 0 saturated heterocycles. The van der Waals surface area contributed by atoms with Crippen LogP contribution in [-0.4, -0.2) is 27.9 Å². The van der Waals surface area contributed by atoms with E-state index >= 15 is 0 Å². The maximum atomic E-state index is 13.1. The van der Waals surface area contributed by atoms with Crippen LogP contribution in [0.4, 0.5) is 0 Å². The molecule has 1 heterocycles. The molecule has 0 spiro atoms. The molecule has 22 heavy (non-hydrogen) atoms. The second-order valence-electron chi connectivity index (χ2n) is 6.64. The second kappa shape index (κ2) is 7.58. The SMILES string of the molecule is O=C(c1cccc(Br)n1)N(C1CCCCC1)C1CCCCC1. The number of carbonyl (C=O) groups excluding carboxylic acids is 1. The number of nitrogens with zero attached hydrogens (tertiary/aromatic N) is 2. The molecule has 4 heteroatoms. The topological polar surface area (TPSA) is 33.2 Å². The average Bonchev–Trinajstić information content (AvgIpc) is 2.57. The van der Waals surface area contributed by atoms with E-state index in [2.05, 4.69) is 25.8 Å². The number of hydrogen-bond acceptors (Lipinski definition) is 2. The number of amides is 1. The quantitative estimate of drug-likeness (QED) is 0.710. The van der Waals surface area contributed by atoms with E-state index in [1.165, 1.54) is 38.5 Å². The van der Waals surface area contributed by atoms with Crippen molar-refractivity contribution in [1.82, 2.24) is 9.88 Å². The van der Waals surface area contributed by atoms with Gasteiger partial charge < -0.3 is 4.90 Å². The van der Waals surface area contributed by atoms with E-state index in [0.29, 0.717) is 17.8 Å². The van der Waals surface area contributed by atoms with Gasteiger partial charge in [0.1, 0.15) is 10.3 Å². The molecule has 2 fully saturated rings. The molecule has 0 bridgehead atoms. The predicted molar refractivity (Wildman–Crippen MR) is 91.9 cm³/mol. The lowest BCUT2D eigenvalue weighted by atomic mass is 9.88. The molecule has 0 atom stereocenters. The van der Waals surface area contributed by atoms with Crippen molar-refractivity contribution in [2.24, 2.45) is 0 Å². The van der Waals surface area contributed by atoms with Gasteiger partial charge in [-0.3, -0.25) is 4.79 Å². The molecule has 2 saturated carbocycles. The van der Waals surface area contributed by atoms with Gasteiger partial charge in [-0.1, -0.05) is 44.6 Å². The van der Waals surface area contributed by atoms with Crippen molar-refractivity contribution >= 4 is 21.8 Å². The Balaban J connectivity index is 1.84. The third kappa shape index (κ3) is 3.70. The number of pyridine rings is 1. The summed E-state index contributed by atoms with van der Waals surface area (Å²) in [6, 6.07) is 6.48. The first-order valence-corrected chi connectivity index (χ1v) is 9.50. The van der Waals surface area contributed by atoms with Crippen molar-refractivity contribution in [3.63, 3.8) is 0 Å². The number of rotatable bonds is 3. The predicted octanol–water partition coefficient (Wildman–Crippen LogP) is 4.95. The maximum Gasteiger partial charge on any atom is 0.272 e. The van der Waals surface area contributed by atoms with Crippen LogP contribution in [0.3, 0.4) is 0 Å². The van der Waals surface area contributed by atoms with E-state index in [0.717, 1.165) is 30.3 Å². The number of carbonyl (C=O) groups is 1. The van der Waals surface area contributed by atoms with Crippen LogP contribution >= 0.6 is 15.9 Å². The third-order valence-corrected chi connectivity index (χ3v) is 5.55. The molecule has 1 aromatic heterocycles. The highest BCUT2D eigenvalue weighted by molar-refractivity contribution is 9.10. The molecule has 2 aliphatic carbocycles. The molecule has 3 rings (SSSR count). The first kappa shape index (κ1) is 16.0. The summed E-state index contributed by atoms with van der Waals surface area (Å²) in [6.07, 6.45) is 12.3. The standard InChI is InChI=1S/C18H25BrN2O/c19-17-13-7-12-16(20-17)18(22)21(14-8-3-1-4-9-14)15-10-5-2-6-11-15/h7,12-15H,1-6,8-11H2. The third-order valence-electron chi connectivity index (χ3n) is 5.10. The lowest BCUT2D eigenvalue weighted by Crippen LogP contribution is -2.49. The van der Waals surface area contributed by atoms with Crippen molar-refractivity contribution in [3.8, 4) is 0 Å². The van der Waals surface area contributed by atoms with Gasteiger partial charge in [-0.25, -0.2) is 4.98 Å². The molecule has 0 radical (unpaired) electrons. The number of hydrogen-bond donors (Lipinski definition) is 0. The van der Waals surface area contributed by atoms with Crippen LogP contribution in [-0.2, 0) is 0 Å². The summed E-state index contributed by atoms with van der Waals surface area (Å²) in [6.45, 7) is 0. The summed E-state index contributed by atoms with van der Waals surface area (Å²) in [7, 11) is 0. The molecule has 0 aliphatic heterocycles. The summed E-state index contributed by atoms with van der Waals surface area (Å²) in [5.41, 5.74) is 0.588. The van der Waals surface area contributed by atoms with Crippen LogP contribution in [0.2, 0.25) is 0 Å². The van der Waals surface area contributed by atoms with Crippen LogP contribution in [0.25, 0.3) is 0 Å². The van der Waals surface area contributed by atoms with Gasteiger partial charge in [0.05, 0.1) is 0 Å². The molecule has 1 aromatic rings. The zero-order valence-electron chi connectivity index (χ0n) is 13.1. The first-order chi connectivity index (χ1) is 10.8. The van der Waals surface area contributed by atoms with E-state index in [1.54, 1.807) is 0 Å². The summed E-state index contributed by atoms with van der Waals surface area (Å²) in [5.74, 6) is 0.139. The van der Waals surface area contributed by atoms with Crippen molar-refractivity contribution in [2.75, 3.05) is 0 Å². The fraction of sp³-hybridized carbons (Fsp3) is 0.667. The van der Waals surface area contributed by atoms with Crippen LogP contribution in [0.15, 0.2) is 22.8 Å². The molecule has 0 N–H and O–H groups in total. The van der Waals surface area contributed by atoms with E-state index in [1.807, 2.05) is 18.2 Å². The molecule has 0 aromatic carbocycles. The van der Waals surface area contributed by atoms with Crippen molar-refractivity contribution in [3.05, 3.63) is 28.5 Å². The van der Waals surface area contributed by atoms with Gasteiger partial charge in [0.2, 0.25) is 0 Å². The summed E-state index contributed by atoms with van der Waals surface area (Å²) in [5, 5.41) is 0. The van der Waals surface area contributed by atoms with Gasteiger partial charge in [-0.2, -0.15) is 0 Å². The van der Waals surface area contributed by atoms with Gasteiger partial charge in [0.15, 0.2) is 0 Å². The molecule has 120 valence electrons. The zero-order chi connectivity index (χ0) is 15.4. The van der Waals surface area contributed by atoms with E-state index < -0.39 is 0 Å². The summed E-state index contributed by atoms with van der Waals surface area (Å²) >= 11 is 3.39. The van der Waals surface area contributed by atoms with Crippen molar-refractivity contribution < 1.29 is 4.79 Å². The van der Waals surface area contributed by atoms with E-state index in [4.69, 9.17) is 0 Å². The lowest BCUT2D eigenvalue weighted by Gasteiger charge is -2.41. The number of aromatic nitrogens is 1. The van der Waals surface area contributed by atoms with Gasteiger partial charge in [0, 0.05) is 12.1 Å². The summed E-state index contributed by atoms with van der Waals surface area (Å²) in [4.78, 5) is 19.8. The highest BCUT2D eigenvalue weighted by atomic mass is 79.9. The Morgan fingerprint density at radius 2 is 1.50 bits per heavy atom. The fourth-order valence-electron chi connectivity index (χ4n) is 4.01. The lowest BCUT2D eigenvalue weighted by molar-refractivity contribution is 0.0442. The average molecular weight is 365 g/mol. The van der Waals surface area contributed by atoms with Gasteiger partial charge >= 0.3 is 0 Å². The van der Waals surface area contributed by atoms with Gasteiger partial charge in [-0.15, -0.1) is 0 Å². The highest BCUT2D eigenvalue weighted by Crippen LogP contribution is 2.31. The molecule has 0 unspecified atom stereocenters. The minimum absolute atomic E-state index is 0.139. The Bertz CT molecular complexity index is 490. The Morgan fingerprint density at radius 3 is 2.00 bits per heavy atom. The molecule has 3 nitrogen and oxygen atoms in total. The largest absolute Gasteiger partial charge is 0.331 e. The smallest absolute Gasteiger partial charge is 0.272 e. The van der Waals surface area contributed by atoms with Gasteiger partial charge in [-0.05, 0) is 53.7 Å². The minimum atomic E-state index is 0.139. The van der Waals surface area contributed by atoms with E-state index in [-0.39, 0.29) is 5.91 Å². The zero-order valence-corrected chi connectivity index (χ0v) is 14.7. The second-order valence-corrected chi connectivity index (χ2v) is 7.45. The van der Waals surface area contributed by atoms with Crippen molar-refractivity contribution in [1.29, 1.82) is 0 Å². The number of halogens is 1. The monoisotopic (exact) mass is 364 g/mol. The molecular formula is C18H25BrN2O. The molecular weight excluding hydrogens is 340 g/mol. The Morgan fingerprint density at radius 1 is 0.955 bits per heavy atom. The van der Waals surface area contributed by atoms with Gasteiger partial charge in [0.25, 0.3) is 5.91 Å².